The third kappa shape index (κ3) is 3.26. The minimum Gasteiger partial charge on any atom is -0.343 e. The van der Waals surface area contributed by atoms with Crippen LogP contribution >= 0.6 is 0 Å². The van der Waals surface area contributed by atoms with Gasteiger partial charge in [-0.05, 0) is 17.7 Å². The molecule has 1 aromatic carbocycles. The molecule has 96 valence electrons. The molecule has 19 heavy (non-hydrogen) atoms. The van der Waals surface area contributed by atoms with E-state index >= 15 is 0 Å². The second-order valence-electron chi connectivity index (χ2n) is 4.11. The van der Waals surface area contributed by atoms with Gasteiger partial charge in [-0.1, -0.05) is 12.1 Å². The van der Waals surface area contributed by atoms with Gasteiger partial charge in [0.15, 0.2) is 0 Å². The maximum atomic E-state index is 13.1. The molecule has 0 bridgehead atoms. The minimum atomic E-state index is -0.285. The fraction of sp³-hybridized carbons (Fsp3) is 0.214. The number of hydrogen-bond donors (Lipinski definition) is 0. The summed E-state index contributed by atoms with van der Waals surface area (Å²) in [6.45, 7) is 0.579. The van der Waals surface area contributed by atoms with E-state index < -0.39 is 0 Å². The first kappa shape index (κ1) is 13.0. The molecule has 0 saturated heterocycles. The zero-order chi connectivity index (χ0) is 13.7. The lowest BCUT2D eigenvalue weighted by molar-refractivity contribution is 0.628. The number of nitriles is 1. The van der Waals surface area contributed by atoms with Crippen LogP contribution in [0, 0.1) is 17.1 Å². The van der Waals surface area contributed by atoms with Crippen molar-refractivity contribution in [1.82, 2.24) is 9.97 Å². The van der Waals surface area contributed by atoms with E-state index in [0.717, 1.165) is 11.1 Å². The van der Waals surface area contributed by atoms with Gasteiger partial charge in [-0.3, -0.25) is 0 Å². The molecule has 0 saturated carbocycles. The molecule has 0 spiro atoms. The van der Waals surface area contributed by atoms with Gasteiger partial charge < -0.3 is 4.90 Å². The van der Waals surface area contributed by atoms with Gasteiger partial charge in [0.25, 0.3) is 0 Å². The van der Waals surface area contributed by atoms with Crippen LogP contribution in [0.3, 0.4) is 0 Å². The van der Waals surface area contributed by atoms with Crippen LogP contribution < -0.4 is 4.90 Å². The predicted molar refractivity (Wildman–Crippen MR) is 70.9 cm³/mol. The highest BCUT2D eigenvalue weighted by Gasteiger charge is 2.05. The van der Waals surface area contributed by atoms with Crippen molar-refractivity contribution >= 4 is 5.95 Å². The quantitative estimate of drug-likeness (QED) is 0.843. The Hall–Kier alpha value is -2.48. The van der Waals surface area contributed by atoms with E-state index in [0.29, 0.717) is 18.9 Å². The first-order chi connectivity index (χ1) is 9.20. The molecule has 1 heterocycles. The highest BCUT2D eigenvalue weighted by atomic mass is 19.1. The Balaban J connectivity index is 2.17. The van der Waals surface area contributed by atoms with Crippen molar-refractivity contribution in [2.75, 3.05) is 18.5 Å². The van der Waals surface area contributed by atoms with Crippen LogP contribution in [-0.4, -0.2) is 23.6 Å². The standard InChI is InChI=1S/C14H13FN4/c1-19(7-3-6-16)14-17-9-12(10-18-14)11-4-2-5-13(15)8-11/h2,4-5,8-10H,3,7H2,1H3. The van der Waals surface area contributed by atoms with Crippen molar-refractivity contribution < 1.29 is 4.39 Å². The molecule has 2 rings (SSSR count). The summed E-state index contributed by atoms with van der Waals surface area (Å²) >= 11 is 0. The SMILES string of the molecule is CN(CCC#N)c1ncc(-c2cccc(F)c2)cn1. The van der Waals surface area contributed by atoms with E-state index in [9.17, 15) is 4.39 Å². The van der Waals surface area contributed by atoms with Gasteiger partial charge in [-0.15, -0.1) is 0 Å². The third-order valence-corrected chi connectivity index (χ3v) is 2.70. The average molecular weight is 256 g/mol. The summed E-state index contributed by atoms with van der Waals surface area (Å²) in [7, 11) is 1.83. The first-order valence-electron chi connectivity index (χ1n) is 5.87. The number of nitrogens with zero attached hydrogens (tertiary/aromatic N) is 4. The molecule has 0 N–H and O–H groups in total. The minimum absolute atomic E-state index is 0.285. The molecule has 0 aliphatic carbocycles. The molecule has 0 amide bonds. The summed E-state index contributed by atoms with van der Waals surface area (Å²) in [4.78, 5) is 10.2. The Morgan fingerprint density at radius 2 is 2.00 bits per heavy atom. The molecule has 0 unspecified atom stereocenters. The number of anilines is 1. The van der Waals surface area contributed by atoms with E-state index in [-0.39, 0.29) is 5.82 Å². The molecule has 0 aliphatic rings. The molecular formula is C14H13FN4. The topological polar surface area (TPSA) is 52.8 Å². The zero-order valence-corrected chi connectivity index (χ0v) is 10.5. The lowest BCUT2D eigenvalue weighted by Gasteiger charge is -2.14. The van der Waals surface area contributed by atoms with E-state index in [1.807, 2.05) is 7.05 Å². The van der Waals surface area contributed by atoms with Crippen LogP contribution in [0.5, 0.6) is 0 Å². The van der Waals surface area contributed by atoms with Crippen LogP contribution in [0.15, 0.2) is 36.7 Å². The van der Waals surface area contributed by atoms with Crippen molar-refractivity contribution in [2.24, 2.45) is 0 Å². The maximum absolute atomic E-state index is 13.1. The largest absolute Gasteiger partial charge is 0.343 e. The van der Waals surface area contributed by atoms with E-state index in [2.05, 4.69) is 16.0 Å². The summed E-state index contributed by atoms with van der Waals surface area (Å²) in [5.74, 6) is 0.267. The molecule has 0 radical (unpaired) electrons. The molecule has 1 aromatic heterocycles. The fourth-order valence-electron chi connectivity index (χ4n) is 1.65. The van der Waals surface area contributed by atoms with Gasteiger partial charge in [-0.25, -0.2) is 14.4 Å². The maximum Gasteiger partial charge on any atom is 0.225 e. The second kappa shape index (κ2) is 5.91. The lowest BCUT2D eigenvalue weighted by atomic mass is 10.1. The van der Waals surface area contributed by atoms with Crippen LogP contribution in [0.2, 0.25) is 0 Å². The van der Waals surface area contributed by atoms with E-state index in [4.69, 9.17) is 5.26 Å². The van der Waals surface area contributed by atoms with Gasteiger partial charge in [0.1, 0.15) is 5.82 Å². The molecule has 5 heteroatoms. The van der Waals surface area contributed by atoms with Crippen molar-refractivity contribution in [3.05, 3.63) is 42.5 Å². The van der Waals surface area contributed by atoms with Crippen molar-refractivity contribution in [3.63, 3.8) is 0 Å². The van der Waals surface area contributed by atoms with Gasteiger partial charge in [0.05, 0.1) is 12.5 Å². The highest BCUT2D eigenvalue weighted by Crippen LogP contribution is 2.19. The molecule has 0 aliphatic heterocycles. The van der Waals surface area contributed by atoms with Crippen LogP contribution in [-0.2, 0) is 0 Å². The van der Waals surface area contributed by atoms with Crippen LogP contribution in [0.25, 0.3) is 11.1 Å². The number of halogens is 1. The zero-order valence-electron chi connectivity index (χ0n) is 10.5. The van der Waals surface area contributed by atoms with Gasteiger partial charge in [-0.2, -0.15) is 5.26 Å². The van der Waals surface area contributed by atoms with Crippen molar-refractivity contribution in [3.8, 4) is 17.2 Å². The van der Waals surface area contributed by atoms with Crippen molar-refractivity contribution in [2.45, 2.75) is 6.42 Å². The molecule has 0 fully saturated rings. The monoisotopic (exact) mass is 256 g/mol. The van der Waals surface area contributed by atoms with Crippen LogP contribution in [0.4, 0.5) is 10.3 Å². The van der Waals surface area contributed by atoms with Gasteiger partial charge in [0.2, 0.25) is 5.95 Å². The third-order valence-electron chi connectivity index (χ3n) is 2.70. The summed E-state index contributed by atoms with van der Waals surface area (Å²) < 4.78 is 13.1. The van der Waals surface area contributed by atoms with E-state index in [1.165, 1.54) is 12.1 Å². The Kier molecular flexibility index (Phi) is 4.04. The van der Waals surface area contributed by atoms with Gasteiger partial charge in [0, 0.05) is 31.5 Å². The smallest absolute Gasteiger partial charge is 0.225 e. The molecule has 0 atom stereocenters. The average Bonchev–Trinajstić information content (AvgIpc) is 2.45. The summed E-state index contributed by atoms with van der Waals surface area (Å²) in [5.41, 5.74) is 1.50. The highest BCUT2D eigenvalue weighted by molar-refractivity contribution is 5.61. The first-order valence-corrected chi connectivity index (χ1v) is 5.87. The lowest BCUT2D eigenvalue weighted by Crippen LogP contribution is -2.20. The van der Waals surface area contributed by atoms with Crippen molar-refractivity contribution in [1.29, 1.82) is 5.26 Å². The number of benzene rings is 1. The fourth-order valence-corrected chi connectivity index (χ4v) is 1.65. The number of hydrogen-bond acceptors (Lipinski definition) is 4. The summed E-state index contributed by atoms with van der Waals surface area (Å²) in [6, 6.07) is 8.37. The normalized spacial score (nSPS) is 9.95. The number of aromatic nitrogens is 2. The van der Waals surface area contributed by atoms with Gasteiger partial charge >= 0.3 is 0 Å². The Morgan fingerprint density at radius 3 is 2.63 bits per heavy atom. The van der Waals surface area contributed by atoms with Crippen LogP contribution in [0.1, 0.15) is 6.42 Å². The number of rotatable bonds is 4. The molecule has 2 aromatic rings. The summed E-state index contributed by atoms with van der Waals surface area (Å²) in [5, 5.41) is 8.53. The Labute approximate surface area is 111 Å². The molecule has 4 nitrogen and oxygen atoms in total. The second-order valence-corrected chi connectivity index (χ2v) is 4.11. The Bertz CT molecular complexity index is 589. The molecular weight excluding hydrogens is 243 g/mol. The summed E-state index contributed by atoms with van der Waals surface area (Å²) in [6.07, 6.45) is 3.73. The van der Waals surface area contributed by atoms with E-state index in [1.54, 1.807) is 29.4 Å². The predicted octanol–water partition coefficient (Wildman–Crippen LogP) is 2.63. The Morgan fingerprint density at radius 1 is 1.26 bits per heavy atom.